The summed E-state index contributed by atoms with van der Waals surface area (Å²) < 4.78 is 5.47. The van der Waals surface area contributed by atoms with E-state index < -0.39 is 0 Å². The van der Waals surface area contributed by atoms with Gasteiger partial charge in [-0.15, -0.1) is 0 Å². The molecule has 0 bridgehead atoms. The fraction of sp³-hybridized carbons (Fsp3) is 0.222. The Hall–Kier alpha value is -3.02. The van der Waals surface area contributed by atoms with Crippen molar-refractivity contribution >= 4 is 23.2 Å². The fourth-order valence-electron chi connectivity index (χ4n) is 2.89. The second-order valence-electron chi connectivity index (χ2n) is 5.74. The standard InChI is InChI=1S/C18H18N4O2/c23-18(22-15-4-5-16-12(10-15)6-9-24-16)21-14-3-1-2-13(11-14)17-19-7-8-20-17/h1-5,10-11H,6-9H2,(H,19,20)(H2,21,22,23). The van der Waals surface area contributed by atoms with Crippen LogP contribution in [0.5, 0.6) is 5.75 Å². The number of nitrogens with one attached hydrogen (secondary N) is 3. The van der Waals surface area contributed by atoms with Crippen LogP contribution in [-0.2, 0) is 6.42 Å². The zero-order chi connectivity index (χ0) is 16.4. The van der Waals surface area contributed by atoms with Gasteiger partial charge in [0.2, 0.25) is 0 Å². The van der Waals surface area contributed by atoms with Gasteiger partial charge in [0.25, 0.3) is 0 Å². The molecule has 0 saturated carbocycles. The van der Waals surface area contributed by atoms with Crippen molar-refractivity contribution in [3.63, 3.8) is 0 Å². The van der Waals surface area contributed by atoms with Crippen LogP contribution in [0, 0.1) is 0 Å². The van der Waals surface area contributed by atoms with Gasteiger partial charge in [-0.25, -0.2) is 4.79 Å². The highest BCUT2D eigenvalue weighted by Crippen LogP contribution is 2.27. The summed E-state index contributed by atoms with van der Waals surface area (Å²) in [6.07, 6.45) is 0.879. The van der Waals surface area contributed by atoms with Crippen molar-refractivity contribution in [2.45, 2.75) is 6.42 Å². The summed E-state index contributed by atoms with van der Waals surface area (Å²) in [6.45, 7) is 2.35. The molecule has 2 aliphatic heterocycles. The molecular formula is C18H18N4O2. The van der Waals surface area contributed by atoms with E-state index in [1.807, 2.05) is 42.5 Å². The molecule has 0 aliphatic carbocycles. The molecule has 2 amide bonds. The summed E-state index contributed by atoms with van der Waals surface area (Å²) in [5.41, 5.74) is 3.58. The van der Waals surface area contributed by atoms with Crippen LogP contribution in [0.4, 0.5) is 16.2 Å². The minimum Gasteiger partial charge on any atom is -0.493 e. The molecule has 2 aromatic rings. The first-order chi connectivity index (χ1) is 11.8. The third kappa shape index (κ3) is 3.03. The van der Waals surface area contributed by atoms with E-state index in [-0.39, 0.29) is 6.03 Å². The quantitative estimate of drug-likeness (QED) is 0.813. The molecule has 2 aliphatic rings. The number of fused-ring (bicyclic) bond motifs is 1. The Labute approximate surface area is 139 Å². The molecule has 6 heteroatoms. The Balaban J connectivity index is 1.43. The lowest BCUT2D eigenvalue weighted by atomic mass is 10.1. The fourth-order valence-corrected chi connectivity index (χ4v) is 2.89. The molecule has 0 aromatic heterocycles. The van der Waals surface area contributed by atoms with E-state index in [1.54, 1.807) is 0 Å². The maximum atomic E-state index is 12.2. The molecule has 0 saturated heterocycles. The van der Waals surface area contributed by atoms with E-state index in [0.717, 1.165) is 53.6 Å². The van der Waals surface area contributed by atoms with E-state index in [2.05, 4.69) is 20.9 Å². The van der Waals surface area contributed by atoms with Gasteiger partial charge in [0.05, 0.1) is 13.2 Å². The SMILES string of the molecule is O=C(Nc1cccc(C2=NCCN2)c1)Nc1ccc2c(c1)CCO2. The van der Waals surface area contributed by atoms with E-state index in [9.17, 15) is 4.79 Å². The topological polar surface area (TPSA) is 74.8 Å². The number of carbonyl (C=O) groups is 1. The molecule has 3 N–H and O–H groups in total. The van der Waals surface area contributed by atoms with Crippen molar-refractivity contribution in [1.82, 2.24) is 5.32 Å². The average Bonchev–Trinajstić information content (AvgIpc) is 3.26. The number of ether oxygens (including phenoxy) is 1. The number of urea groups is 1. The van der Waals surface area contributed by atoms with Crippen molar-refractivity contribution in [3.8, 4) is 5.75 Å². The summed E-state index contributed by atoms with van der Waals surface area (Å²) in [4.78, 5) is 16.6. The predicted octanol–water partition coefficient (Wildman–Crippen LogP) is 2.62. The van der Waals surface area contributed by atoms with Gasteiger partial charge in [-0.3, -0.25) is 4.99 Å². The van der Waals surface area contributed by atoms with Crippen molar-refractivity contribution in [2.75, 3.05) is 30.3 Å². The molecule has 0 unspecified atom stereocenters. The number of amidine groups is 1. The third-order valence-corrected chi connectivity index (χ3v) is 4.02. The second-order valence-corrected chi connectivity index (χ2v) is 5.74. The highest BCUT2D eigenvalue weighted by Gasteiger charge is 2.13. The highest BCUT2D eigenvalue weighted by atomic mass is 16.5. The van der Waals surface area contributed by atoms with Crippen LogP contribution in [0.2, 0.25) is 0 Å². The van der Waals surface area contributed by atoms with E-state index in [4.69, 9.17) is 4.74 Å². The number of hydrogen-bond donors (Lipinski definition) is 3. The summed E-state index contributed by atoms with van der Waals surface area (Å²) in [6, 6.07) is 13.1. The zero-order valence-corrected chi connectivity index (χ0v) is 13.1. The largest absolute Gasteiger partial charge is 0.493 e. The van der Waals surface area contributed by atoms with Gasteiger partial charge in [0.1, 0.15) is 11.6 Å². The Morgan fingerprint density at radius 2 is 2.00 bits per heavy atom. The summed E-state index contributed by atoms with van der Waals surface area (Å²) in [5, 5.41) is 8.94. The normalized spacial score (nSPS) is 15.1. The van der Waals surface area contributed by atoms with Crippen LogP contribution < -0.4 is 20.7 Å². The van der Waals surface area contributed by atoms with Crippen LogP contribution in [0.25, 0.3) is 0 Å². The lowest BCUT2D eigenvalue weighted by Crippen LogP contribution is -2.21. The molecular weight excluding hydrogens is 304 g/mol. The number of carbonyl (C=O) groups excluding carboxylic acids is 1. The first-order valence-electron chi connectivity index (χ1n) is 8.00. The van der Waals surface area contributed by atoms with Crippen molar-refractivity contribution in [3.05, 3.63) is 53.6 Å². The van der Waals surface area contributed by atoms with Gasteiger partial charge in [-0.05, 0) is 35.9 Å². The minimum absolute atomic E-state index is 0.271. The minimum atomic E-state index is -0.271. The maximum Gasteiger partial charge on any atom is 0.323 e. The second kappa shape index (κ2) is 6.23. The molecule has 2 heterocycles. The van der Waals surface area contributed by atoms with Gasteiger partial charge >= 0.3 is 6.03 Å². The first kappa shape index (κ1) is 14.6. The van der Waals surface area contributed by atoms with Crippen molar-refractivity contribution in [1.29, 1.82) is 0 Å². The van der Waals surface area contributed by atoms with Gasteiger partial charge in [-0.2, -0.15) is 0 Å². The Bertz CT molecular complexity index is 816. The van der Waals surface area contributed by atoms with Crippen LogP contribution in [0.15, 0.2) is 47.5 Å². The van der Waals surface area contributed by atoms with E-state index in [1.165, 1.54) is 0 Å². The molecule has 0 fully saturated rings. The monoisotopic (exact) mass is 322 g/mol. The number of hydrogen-bond acceptors (Lipinski definition) is 4. The number of amides is 2. The third-order valence-electron chi connectivity index (χ3n) is 4.02. The maximum absolute atomic E-state index is 12.2. The van der Waals surface area contributed by atoms with Crippen LogP contribution in [0.3, 0.4) is 0 Å². The van der Waals surface area contributed by atoms with Crippen molar-refractivity contribution in [2.24, 2.45) is 4.99 Å². The molecule has 122 valence electrons. The molecule has 6 nitrogen and oxygen atoms in total. The van der Waals surface area contributed by atoms with Crippen LogP contribution in [-0.4, -0.2) is 31.6 Å². The highest BCUT2D eigenvalue weighted by molar-refractivity contribution is 6.03. The number of anilines is 2. The number of rotatable bonds is 3. The van der Waals surface area contributed by atoms with Gasteiger partial charge in [0, 0.05) is 29.9 Å². The number of benzene rings is 2. The Morgan fingerprint density at radius 1 is 1.12 bits per heavy atom. The lowest BCUT2D eigenvalue weighted by Gasteiger charge is -2.10. The Morgan fingerprint density at radius 3 is 2.83 bits per heavy atom. The smallest absolute Gasteiger partial charge is 0.323 e. The number of aliphatic imine (C=N–C) groups is 1. The summed E-state index contributed by atoms with van der Waals surface area (Å²) in [7, 11) is 0. The van der Waals surface area contributed by atoms with Crippen LogP contribution >= 0.6 is 0 Å². The molecule has 0 atom stereocenters. The average molecular weight is 322 g/mol. The lowest BCUT2D eigenvalue weighted by molar-refractivity contribution is 0.262. The predicted molar refractivity (Wildman–Crippen MR) is 94.1 cm³/mol. The zero-order valence-electron chi connectivity index (χ0n) is 13.1. The molecule has 24 heavy (non-hydrogen) atoms. The molecule has 4 rings (SSSR count). The van der Waals surface area contributed by atoms with E-state index in [0.29, 0.717) is 6.61 Å². The van der Waals surface area contributed by atoms with Crippen molar-refractivity contribution < 1.29 is 9.53 Å². The Kier molecular flexibility index (Phi) is 3.78. The van der Waals surface area contributed by atoms with Gasteiger partial charge in [-0.1, -0.05) is 12.1 Å². The van der Waals surface area contributed by atoms with Crippen LogP contribution in [0.1, 0.15) is 11.1 Å². The molecule has 2 aromatic carbocycles. The summed E-state index contributed by atoms with van der Waals surface area (Å²) in [5.74, 6) is 1.77. The molecule has 0 spiro atoms. The van der Waals surface area contributed by atoms with Gasteiger partial charge in [0.15, 0.2) is 0 Å². The first-order valence-corrected chi connectivity index (χ1v) is 8.00. The summed E-state index contributed by atoms with van der Waals surface area (Å²) >= 11 is 0. The van der Waals surface area contributed by atoms with E-state index >= 15 is 0 Å². The van der Waals surface area contributed by atoms with Gasteiger partial charge < -0.3 is 20.7 Å². The number of nitrogens with zero attached hydrogens (tertiary/aromatic N) is 1. The molecule has 0 radical (unpaired) electrons.